The number of Topliss-reactive ketones (excluding diaryl/α,β-unsaturated/α-hetero) is 1. The fraction of sp³-hybridized carbons (Fsp3) is 0.800. The summed E-state index contributed by atoms with van der Waals surface area (Å²) in [6.45, 7) is 30.1. The maximum atomic E-state index is 13.4. The highest BCUT2D eigenvalue weighted by atomic mass is 16.3. The van der Waals surface area contributed by atoms with Crippen LogP contribution in [0.3, 0.4) is 0 Å². The highest BCUT2D eigenvalue weighted by Gasteiger charge is 2.71. The van der Waals surface area contributed by atoms with Gasteiger partial charge in [-0.3, -0.25) is 4.79 Å². The minimum Gasteiger partial charge on any atom is -0.393 e. The van der Waals surface area contributed by atoms with Crippen molar-refractivity contribution in [2.75, 3.05) is 0 Å². The predicted octanol–water partition coefficient (Wildman–Crippen LogP) is 9.10. The number of aliphatic hydroxyl groups is 1. The van der Waals surface area contributed by atoms with Crippen LogP contribution in [0.15, 0.2) is 35.5 Å². The molecular formula is C35H56O2. The van der Waals surface area contributed by atoms with Crippen molar-refractivity contribution in [2.24, 2.45) is 50.2 Å². The van der Waals surface area contributed by atoms with E-state index in [0.717, 1.165) is 44.9 Å². The summed E-state index contributed by atoms with van der Waals surface area (Å²) in [5, 5.41) is 11.1. The number of rotatable bonds is 6. The van der Waals surface area contributed by atoms with Crippen LogP contribution in [-0.2, 0) is 4.79 Å². The maximum Gasteiger partial charge on any atom is 0.133 e. The van der Waals surface area contributed by atoms with Gasteiger partial charge in [0.25, 0.3) is 0 Å². The van der Waals surface area contributed by atoms with Gasteiger partial charge in [0.1, 0.15) is 5.78 Å². The number of hydrogen-bond donors (Lipinski definition) is 1. The second-order valence-electron chi connectivity index (χ2n) is 15.7. The Hall–Kier alpha value is -1.15. The molecule has 0 spiro atoms. The molecule has 0 aromatic heterocycles. The van der Waals surface area contributed by atoms with Crippen LogP contribution in [0.4, 0.5) is 0 Å². The molecular weight excluding hydrogens is 452 g/mol. The van der Waals surface area contributed by atoms with Crippen molar-refractivity contribution in [1.82, 2.24) is 0 Å². The summed E-state index contributed by atoms with van der Waals surface area (Å²) in [5.74, 6) is 1.33. The van der Waals surface area contributed by atoms with Crippen molar-refractivity contribution in [2.45, 2.75) is 127 Å². The zero-order valence-corrected chi connectivity index (χ0v) is 26.0. The Morgan fingerprint density at radius 3 is 2.08 bits per heavy atom. The van der Waals surface area contributed by atoms with Gasteiger partial charge in [-0.2, -0.15) is 0 Å². The van der Waals surface area contributed by atoms with Crippen LogP contribution in [0.25, 0.3) is 0 Å². The zero-order chi connectivity index (χ0) is 28.0. The molecule has 0 unspecified atom stereocenters. The standard InChI is InChI=1S/C35H56O2/c1-22(2)23(3)13-14-26(25(5)36)35(12)24(4)21-32(9)28-15-19-33(10)30(6,7)29(37)17-18-31(33,8)27(28)16-20-34(32,35)11/h15-16,22,24,26,29,37H,3,13-14,17-21H2,1-2,4-12H3/t24-,26+,29+,31-,32+,33+,34+,35-/m1/s1. The Balaban J connectivity index is 1.81. The normalized spacial score (nSPS) is 45.3. The van der Waals surface area contributed by atoms with Gasteiger partial charge in [-0.1, -0.05) is 93.5 Å². The third-order valence-electron chi connectivity index (χ3n) is 14.2. The van der Waals surface area contributed by atoms with Crippen LogP contribution in [0.1, 0.15) is 121 Å². The van der Waals surface area contributed by atoms with Gasteiger partial charge in [-0.05, 0) is 107 Å². The third-order valence-corrected chi connectivity index (χ3v) is 14.2. The number of hydrogen-bond acceptors (Lipinski definition) is 2. The number of fused-ring (bicyclic) bond motifs is 5. The number of ketones is 1. The summed E-state index contributed by atoms with van der Waals surface area (Å²) in [6.07, 6.45) is 11.9. The summed E-state index contributed by atoms with van der Waals surface area (Å²) in [4.78, 5) is 13.4. The highest BCUT2D eigenvalue weighted by molar-refractivity contribution is 5.79. The molecule has 2 fully saturated rings. The van der Waals surface area contributed by atoms with Crippen molar-refractivity contribution >= 4 is 5.78 Å². The number of allylic oxidation sites excluding steroid dienone is 5. The molecule has 4 aliphatic rings. The largest absolute Gasteiger partial charge is 0.393 e. The molecule has 0 radical (unpaired) electrons. The van der Waals surface area contributed by atoms with E-state index >= 15 is 0 Å². The molecule has 0 bridgehead atoms. The lowest BCUT2D eigenvalue weighted by Gasteiger charge is -2.67. The van der Waals surface area contributed by atoms with E-state index in [9.17, 15) is 9.90 Å². The predicted molar refractivity (Wildman–Crippen MR) is 156 cm³/mol. The molecule has 1 N–H and O–H groups in total. The Morgan fingerprint density at radius 1 is 1.00 bits per heavy atom. The molecule has 0 aromatic carbocycles. The molecule has 8 atom stereocenters. The summed E-state index contributed by atoms with van der Waals surface area (Å²) in [6, 6.07) is 0. The van der Waals surface area contributed by atoms with Gasteiger partial charge in [0.2, 0.25) is 0 Å². The number of carbonyl (C=O) groups excluding carboxylic acids is 1. The minimum absolute atomic E-state index is 0.0120. The van der Waals surface area contributed by atoms with Crippen molar-refractivity contribution in [3.8, 4) is 0 Å². The highest BCUT2D eigenvalue weighted by Crippen LogP contribution is 2.78. The maximum absolute atomic E-state index is 13.4. The first kappa shape index (κ1) is 28.8. The van der Waals surface area contributed by atoms with Gasteiger partial charge in [0.15, 0.2) is 0 Å². The Labute approximate surface area is 228 Å². The van der Waals surface area contributed by atoms with Gasteiger partial charge in [0, 0.05) is 5.92 Å². The first-order chi connectivity index (χ1) is 16.8. The van der Waals surface area contributed by atoms with E-state index in [4.69, 9.17) is 0 Å². The van der Waals surface area contributed by atoms with E-state index in [0.29, 0.717) is 17.6 Å². The van der Waals surface area contributed by atoms with E-state index in [-0.39, 0.29) is 44.5 Å². The minimum atomic E-state index is -0.253. The SMILES string of the molecule is C=C(CC[C@@H](C(C)=O)[C@@]1(C)[C@H](C)C[C@@]2(C)C3=CC[C@@]4(C)C(C)(C)[C@@H](O)CC[C@]4(C)C3=CC[C@]12C)C(C)C. The van der Waals surface area contributed by atoms with Crippen LogP contribution in [0.2, 0.25) is 0 Å². The Bertz CT molecular complexity index is 1040. The van der Waals surface area contributed by atoms with Crippen molar-refractivity contribution < 1.29 is 9.90 Å². The summed E-state index contributed by atoms with van der Waals surface area (Å²) in [5.41, 5.74) is 4.31. The molecule has 208 valence electrons. The van der Waals surface area contributed by atoms with Gasteiger partial charge in [-0.15, -0.1) is 0 Å². The first-order valence-electron chi connectivity index (χ1n) is 15.1. The first-order valence-corrected chi connectivity index (χ1v) is 15.1. The van der Waals surface area contributed by atoms with E-state index in [1.54, 1.807) is 11.1 Å². The fourth-order valence-electron chi connectivity index (χ4n) is 10.3. The van der Waals surface area contributed by atoms with Gasteiger partial charge >= 0.3 is 0 Å². The summed E-state index contributed by atoms with van der Waals surface area (Å²) >= 11 is 0. The second kappa shape index (κ2) is 8.67. The topological polar surface area (TPSA) is 37.3 Å². The van der Waals surface area contributed by atoms with E-state index in [1.165, 1.54) is 5.57 Å². The van der Waals surface area contributed by atoms with Crippen LogP contribution in [0.5, 0.6) is 0 Å². The van der Waals surface area contributed by atoms with E-state index in [1.807, 2.05) is 6.92 Å². The Kier molecular flexibility index (Phi) is 6.76. The summed E-state index contributed by atoms with van der Waals surface area (Å²) in [7, 11) is 0. The van der Waals surface area contributed by atoms with Crippen molar-refractivity contribution in [1.29, 1.82) is 0 Å². The molecule has 0 aliphatic heterocycles. The van der Waals surface area contributed by atoms with Crippen molar-refractivity contribution in [3.63, 3.8) is 0 Å². The number of aliphatic hydroxyl groups excluding tert-OH is 1. The second-order valence-corrected chi connectivity index (χ2v) is 15.7. The van der Waals surface area contributed by atoms with Crippen molar-refractivity contribution in [3.05, 3.63) is 35.5 Å². The fourth-order valence-corrected chi connectivity index (χ4v) is 10.3. The van der Waals surface area contributed by atoms with E-state index in [2.05, 4.69) is 88.0 Å². The van der Waals surface area contributed by atoms with Crippen LogP contribution < -0.4 is 0 Å². The molecule has 2 heteroatoms. The van der Waals surface area contributed by atoms with Crippen LogP contribution in [-0.4, -0.2) is 17.0 Å². The molecule has 2 saturated carbocycles. The number of carbonyl (C=O) groups is 1. The molecule has 4 rings (SSSR count). The lowest BCUT2D eigenvalue weighted by Crippen LogP contribution is -2.61. The lowest BCUT2D eigenvalue weighted by molar-refractivity contribution is -0.148. The quantitative estimate of drug-likeness (QED) is 0.363. The average Bonchev–Trinajstić information content (AvgIpc) is 2.96. The molecule has 0 amide bonds. The van der Waals surface area contributed by atoms with Gasteiger partial charge in [-0.25, -0.2) is 0 Å². The molecule has 0 saturated heterocycles. The third kappa shape index (κ3) is 3.42. The lowest BCUT2D eigenvalue weighted by atomic mass is 9.38. The van der Waals surface area contributed by atoms with Gasteiger partial charge < -0.3 is 5.11 Å². The van der Waals surface area contributed by atoms with Crippen LogP contribution in [0, 0.1) is 50.2 Å². The average molecular weight is 509 g/mol. The molecule has 2 nitrogen and oxygen atoms in total. The molecule has 4 aliphatic carbocycles. The zero-order valence-electron chi connectivity index (χ0n) is 26.0. The van der Waals surface area contributed by atoms with Crippen LogP contribution >= 0.6 is 0 Å². The molecule has 37 heavy (non-hydrogen) atoms. The smallest absolute Gasteiger partial charge is 0.133 e. The van der Waals surface area contributed by atoms with E-state index < -0.39 is 0 Å². The molecule has 0 heterocycles. The molecule has 0 aromatic rings. The summed E-state index contributed by atoms with van der Waals surface area (Å²) < 4.78 is 0. The monoisotopic (exact) mass is 508 g/mol. The van der Waals surface area contributed by atoms with Gasteiger partial charge in [0.05, 0.1) is 6.10 Å². The Morgan fingerprint density at radius 2 is 1.54 bits per heavy atom.